The molecule has 1 aromatic rings. The largest absolute Gasteiger partial charge is 0.478 e. The van der Waals surface area contributed by atoms with E-state index in [-0.39, 0.29) is 11.5 Å². The van der Waals surface area contributed by atoms with E-state index in [9.17, 15) is 9.59 Å². The second-order valence-corrected chi connectivity index (χ2v) is 7.28. The topological polar surface area (TPSA) is 118 Å². The Morgan fingerprint density at radius 1 is 1.30 bits per heavy atom. The van der Waals surface area contributed by atoms with Gasteiger partial charge >= 0.3 is 11.9 Å². The summed E-state index contributed by atoms with van der Waals surface area (Å²) in [4.78, 5) is 19.1. The molecule has 3 rings (SSSR count). The number of carbonyl (C=O) groups is 2. The number of nitrogens with two attached hydrogens (primary N) is 1. The maximum atomic E-state index is 9.55. The van der Waals surface area contributed by atoms with Gasteiger partial charge in [-0.25, -0.2) is 9.59 Å². The molecule has 0 aromatic carbocycles. The average Bonchev–Trinajstić information content (AvgIpc) is 3.10. The molecule has 0 bridgehead atoms. The summed E-state index contributed by atoms with van der Waals surface area (Å²) in [6, 6.07) is 0.117. The number of aromatic nitrogens is 2. The van der Waals surface area contributed by atoms with Crippen molar-refractivity contribution in [3.63, 3.8) is 0 Å². The molecule has 0 amide bonds. The average molecular weight is 371 g/mol. The third-order valence-electron chi connectivity index (χ3n) is 4.35. The highest BCUT2D eigenvalue weighted by molar-refractivity contribution is 5.89. The van der Waals surface area contributed by atoms with E-state index in [1.165, 1.54) is 27.3 Å². The van der Waals surface area contributed by atoms with Crippen molar-refractivity contribution in [3.05, 3.63) is 52.2 Å². The first-order chi connectivity index (χ1) is 12.5. The summed E-state index contributed by atoms with van der Waals surface area (Å²) in [6.07, 6.45) is 9.88. The van der Waals surface area contributed by atoms with Gasteiger partial charge in [-0.3, -0.25) is 4.68 Å². The molecule has 2 aliphatic rings. The van der Waals surface area contributed by atoms with Crippen LogP contribution in [0.4, 0.5) is 0 Å². The van der Waals surface area contributed by atoms with E-state index in [0.717, 1.165) is 6.54 Å². The first kappa shape index (κ1) is 20.4. The molecule has 1 aromatic heterocycles. The zero-order chi connectivity index (χ0) is 20.4. The van der Waals surface area contributed by atoms with Crippen molar-refractivity contribution < 1.29 is 19.8 Å². The number of carboxylic acids is 2. The number of hydrogen-bond acceptors (Lipinski definition) is 4. The number of allylic oxidation sites excluding steroid dienone is 4. The highest BCUT2D eigenvalue weighted by Crippen LogP contribution is 2.40. The first-order valence-corrected chi connectivity index (χ1v) is 8.61. The van der Waals surface area contributed by atoms with E-state index in [1.54, 1.807) is 0 Å². The first-order valence-electron chi connectivity index (χ1n) is 8.61. The van der Waals surface area contributed by atoms with Crippen LogP contribution < -0.4 is 16.3 Å². The van der Waals surface area contributed by atoms with Crippen LogP contribution in [0.2, 0.25) is 0 Å². The van der Waals surface area contributed by atoms with Crippen molar-refractivity contribution in [2.75, 3.05) is 0 Å². The van der Waals surface area contributed by atoms with Crippen molar-refractivity contribution in [2.24, 2.45) is 11.1 Å². The lowest BCUT2D eigenvalue weighted by atomic mass is 9.75. The maximum Gasteiger partial charge on any atom is 0.328 e. The van der Waals surface area contributed by atoms with Crippen LogP contribution in [0.15, 0.2) is 41.6 Å². The lowest BCUT2D eigenvalue weighted by Crippen LogP contribution is -2.34. The van der Waals surface area contributed by atoms with E-state index >= 15 is 0 Å². The number of aliphatic carboxylic acids is 2. The lowest BCUT2D eigenvalue weighted by Gasteiger charge is -2.28. The standard InChI is InChI=1S/C16H21N3.C4H4O4/c1-10-5-6-16(3,4)15-12(10)7-14-13(15)8-18-19(14)9-11(2)17;5-3(6)1-2-4(7)8/h5-8,11H,9,17H2,1-4H3;1-2H,(H,5,6)(H,7,8)/t11-;/m0./s1. The molecule has 27 heavy (non-hydrogen) atoms. The van der Waals surface area contributed by atoms with Gasteiger partial charge in [0.1, 0.15) is 0 Å². The summed E-state index contributed by atoms with van der Waals surface area (Å²) in [5, 5.41) is 22.6. The van der Waals surface area contributed by atoms with Gasteiger partial charge in [-0.1, -0.05) is 26.0 Å². The fourth-order valence-corrected chi connectivity index (χ4v) is 3.17. The van der Waals surface area contributed by atoms with E-state index < -0.39 is 11.9 Å². The summed E-state index contributed by atoms with van der Waals surface area (Å²) >= 11 is 0. The van der Waals surface area contributed by atoms with Gasteiger partial charge in [-0.15, -0.1) is 0 Å². The van der Waals surface area contributed by atoms with Crippen LogP contribution in [-0.2, 0) is 16.1 Å². The molecule has 0 fully saturated rings. The third-order valence-corrected chi connectivity index (χ3v) is 4.35. The minimum atomic E-state index is -1.26. The van der Waals surface area contributed by atoms with Crippen molar-refractivity contribution in [2.45, 2.75) is 40.3 Å². The predicted molar refractivity (Wildman–Crippen MR) is 103 cm³/mol. The summed E-state index contributed by atoms with van der Waals surface area (Å²) in [7, 11) is 0. The molecule has 2 aliphatic carbocycles. The quantitative estimate of drug-likeness (QED) is 0.674. The Morgan fingerprint density at radius 2 is 1.89 bits per heavy atom. The molecule has 0 unspecified atom stereocenters. The summed E-state index contributed by atoms with van der Waals surface area (Å²) < 4.78 is 2.03. The van der Waals surface area contributed by atoms with Crippen LogP contribution >= 0.6 is 0 Å². The number of nitrogens with zero attached hydrogens (tertiary/aromatic N) is 2. The van der Waals surface area contributed by atoms with E-state index in [0.29, 0.717) is 12.2 Å². The Morgan fingerprint density at radius 3 is 2.41 bits per heavy atom. The molecule has 1 atom stereocenters. The zero-order valence-corrected chi connectivity index (χ0v) is 15.9. The molecule has 144 valence electrons. The molecular formula is C20H25N3O4. The molecule has 4 N–H and O–H groups in total. The molecule has 0 saturated carbocycles. The van der Waals surface area contributed by atoms with Gasteiger partial charge in [0.15, 0.2) is 0 Å². The number of fused-ring (bicyclic) bond motifs is 2. The molecule has 7 nitrogen and oxygen atoms in total. The smallest absolute Gasteiger partial charge is 0.328 e. The second-order valence-electron chi connectivity index (χ2n) is 7.28. The van der Waals surface area contributed by atoms with E-state index in [1.807, 2.05) is 17.8 Å². The normalized spacial score (nSPS) is 17.7. The molecule has 1 heterocycles. The Labute approximate surface area is 157 Å². The van der Waals surface area contributed by atoms with Crippen LogP contribution in [0.3, 0.4) is 0 Å². The van der Waals surface area contributed by atoms with Crippen LogP contribution in [-0.4, -0.2) is 38.0 Å². The van der Waals surface area contributed by atoms with Gasteiger partial charge in [0.05, 0.1) is 18.1 Å². The van der Waals surface area contributed by atoms with Crippen molar-refractivity contribution in [1.29, 1.82) is 0 Å². The number of carboxylic acid groups (broad SMARTS) is 2. The minimum absolute atomic E-state index is 0.0682. The van der Waals surface area contributed by atoms with Gasteiger partial charge in [0.25, 0.3) is 0 Å². The van der Waals surface area contributed by atoms with Gasteiger partial charge in [0, 0.05) is 28.8 Å². The fraction of sp³-hybridized carbons (Fsp3) is 0.350. The number of rotatable bonds is 4. The highest BCUT2D eigenvalue weighted by Gasteiger charge is 2.30. The molecule has 0 radical (unpaired) electrons. The van der Waals surface area contributed by atoms with Crippen molar-refractivity contribution >= 4 is 23.6 Å². The Kier molecular flexibility index (Phi) is 5.85. The summed E-state index contributed by atoms with van der Waals surface area (Å²) in [5.74, 6) is -2.51. The van der Waals surface area contributed by atoms with E-state index in [4.69, 9.17) is 15.9 Å². The van der Waals surface area contributed by atoms with Gasteiger partial charge < -0.3 is 15.9 Å². The Hall–Kier alpha value is -2.93. The van der Waals surface area contributed by atoms with Crippen LogP contribution in [0.25, 0.3) is 11.6 Å². The fourth-order valence-electron chi connectivity index (χ4n) is 3.17. The predicted octanol–water partition coefficient (Wildman–Crippen LogP) is 0.799. The molecule has 0 saturated heterocycles. The number of hydrogen-bond donors (Lipinski definition) is 3. The molecular weight excluding hydrogens is 346 g/mol. The molecule has 0 spiro atoms. The summed E-state index contributed by atoms with van der Waals surface area (Å²) in [6.45, 7) is 9.47. The Balaban J connectivity index is 0.000000279. The second kappa shape index (κ2) is 7.75. The maximum absolute atomic E-state index is 9.55. The highest BCUT2D eigenvalue weighted by atomic mass is 16.4. The molecule has 0 aliphatic heterocycles. The SMILES string of the molecule is CC1=C2C=c3c(cnn3C[C@H](C)N)=C2C(C)(C)C=C1.O=C(O)C=CC(=O)O. The minimum Gasteiger partial charge on any atom is -0.478 e. The molecule has 7 heteroatoms. The zero-order valence-electron chi connectivity index (χ0n) is 15.9. The van der Waals surface area contributed by atoms with Crippen molar-refractivity contribution in [1.82, 2.24) is 9.78 Å². The summed E-state index contributed by atoms with van der Waals surface area (Å²) in [5.41, 5.74) is 10.1. The van der Waals surface area contributed by atoms with Gasteiger partial charge in [0.2, 0.25) is 0 Å². The van der Waals surface area contributed by atoms with E-state index in [2.05, 4.69) is 44.1 Å². The van der Waals surface area contributed by atoms with Crippen LogP contribution in [0, 0.1) is 5.41 Å². The van der Waals surface area contributed by atoms with Crippen LogP contribution in [0.5, 0.6) is 0 Å². The van der Waals surface area contributed by atoms with Gasteiger partial charge in [-0.05, 0) is 36.6 Å². The monoisotopic (exact) mass is 371 g/mol. The Bertz CT molecular complexity index is 959. The third kappa shape index (κ3) is 4.62. The lowest BCUT2D eigenvalue weighted by molar-refractivity contribution is -0.134. The van der Waals surface area contributed by atoms with Crippen molar-refractivity contribution in [3.8, 4) is 0 Å². The van der Waals surface area contributed by atoms with Crippen LogP contribution in [0.1, 0.15) is 27.7 Å². The van der Waals surface area contributed by atoms with Gasteiger partial charge in [-0.2, -0.15) is 5.10 Å².